The van der Waals surface area contributed by atoms with E-state index in [0.717, 1.165) is 46.3 Å². The van der Waals surface area contributed by atoms with Crippen LogP contribution in [0.4, 0.5) is 0 Å². The van der Waals surface area contributed by atoms with Crippen LogP contribution >= 0.6 is 11.8 Å². The topological polar surface area (TPSA) is 77.2 Å². The van der Waals surface area contributed by atoms with Gasteiger partial charge in [-0.2, -0.15) is 0 Å². The quantitative estimate of drug-likeness (QED) is 0.195. The van der Waals surface area contributed by atoms with Gasteiger partial charge in [0.1, 0.15) is 29.1 Å². The van der Waals surface area contributed by atoms with Crippen LogP contribution in [0, 0.1) is 6.92 Å². The van der Waals surface area contributed by atoms with Crippen LogP contribution in [0.25, 0.3) is 16.7 Å². The lowest BCUT2D eigenvalue weighted by molar-refractivity contribution is 0.0530. The summed E-state index contributed by atoms with van der Waals surface area (Å²) in [4.78, 5) is 14.6. The van der Waals surface area contributed by atoms with Crippen molar-refractivity contribution in [3.05, 3.63) is 77.4 Å². The third kappa shape index (κ3) is 5.54. The molecule has 0 aliphatic heterocycles. The summed E-state index contributed by atoms with van der Waals surface area (Å²) in [7, 11) is 0. The number of aryl methyl sites for hydroxylation is 2. The molecule has 1 heterocycles. The number of hydrogen-bond donors (Lipinski definition) is 1. The van der Waals surface area contributed by atoms with Gasteiger partial charge in [-0.15, -0.1) is 26.8 Å². The van der Waals surface area contributed by atoms with Gasteiger partial charge in [0.2, 0.25) is 0 Å². The predicted octanol–water partition coefficient (Wildman–Crippen LogP) is 5.73. The van der Waals surface area contributed by atoms with Crippen molar-refractivity contribution in [1.82, 2.24) is 15.0 Å². The number of hydrogen-bond acceptors (Lipinski definition) is 6. The third-order valence-corrected chi connectivity index (χ3v) is 6.23. The SMILES string of the molecule is CCCCc1cc(C)cc(-n2nc3ccc(SCCOC(=O)c4ccccc4)cc3n2)c1O. The van der Waals surface area contributed by atoms with Gasteiger partial charge in [0, 0.05) is 10.6 Å². The number of carbonyl (C=O) groups excluding carboxylic acids is 1. The maximum Gasteiger partial charge on any atom is 0.338 e. The van der Waals surface area contributed by atoms with Crippen LogP contribution in [-0.4, -0.2) is 38.4 Å². The molecule has 4 aromatic rings. The van der Waals surface area contributed by atoms with Gasteiger partial charge in [0.05, 0.1) is 5.56 Å². The molecule has 0 radical (unpaired) electrons. The molecule has 1 N–H and O–H groups in total. The number of esters is 1. The maximum atomic E-state index is 12.0. The van der Waals surface area contributed by atoms with E-state index < -0.39 is 0 Å². The molecule has 4 rings (SSSR count). The first kappa shape index (κ1) is 22.9. The Morgan fingerprint density at radius 3 is 2.64 bits per heavy atom. The standard InChI is InChI=1S/C26H27N3O3S/c1-3-4-8-20-15-18(2)16-24(25(20)30)29-27-22-12-11-21(17-23(22)28-29)33-14-13-32-26(31)19-9-6-5-7-10-19/h5-7,9-12,15-17,30H,3-4,8,13-14H2,1-2H3. The van der Waals surface area contributed by atoms with E-state index in [4.69, 9.17) is 4.74 Å². The molecule has 1 aromatic heterocycles. The van der Waals surface area contributed by atoms with E-state index in [1.165, 1.54) is 4.80 Å². The second-order valence-corrected chi connectivity index (χ2v) is 9.05. The van der Waals surface area contributed by atoms with Gasteiger partial charge in [0.25, 0.3) is 0 Å². The summed E-state index contributed by atoms with van der Waals surface area (Å²) in [5, 5.41) is 20.0. The van der Waals surface area contributed by atoms with Crippen molar-refractivity contribution < 1.29 is 14.6 Å². The maximum absolute atomic E-state index is 12.0. The Labute approximate surface area is 197 Å². The average molecular weight is 462 g/mol. The van der Waals surface area contributed by atoms with Gasteiger partial charge in [-0.3, -0.25) is 0 Å². The van der Waals surface area contributed by atoms with Crippen molar-refractivity contribution in [3.63, 3.8) is 0 Å². The Kier molecular flexibility index (Phi) is 7.29. The fourth-order valence-electron chi connectivity index (χ4n) is 3.59. The van der Waals surface area contributed by atoms with E-state index in [2.05, 4.69) is 17.1 Å². The Morgan fingerprint density at radius 2 is 1.85 bits per heavy atom. The van der Waals surface area contributed by atoms with Crippen LogP contribution in [0.5, 0.6) is 5.75 Å². The van der Waals surface area contributed by atoms with E-state index in [1.807, 2.05) is 55.5 Å². The lowest BCUT2D eigenvalue weighted by atomic mass is 10.0. The zero-order valence-electron chi connectivity index (χ0n) is 18.8. The highest BCUT2D eigenvalue weighted by atomic mass is 32.2. The number of aromatic nitrogens is 3. The van der Waals surface area contributed by atoms with Crippen molar-refractivity contribution in [3.8, 4) is 11.4 Å². The summed E-state index contributed by atoms with van der Waals surface area (Å²) in [6.07, 6.45) is 2.91. The Bertz CT molecular complexity index is 1250. The summed E-state index contributed by atoms with van der Waals surface area (Å²) in [5.74, 6) is 0.563. The number of nitrogens with zero attached hydrogens (tertiary/aromatic N) is 3. The van der Waals surface area contributed by atoms with Crippen molar-refractivity contribution in [2.45, 2.75) is 38.0 Å². The van der Waals surface area contributed by atoms with E-state index >= 15 is 0 Å². The van der Waals surface area contributed by atoms with E-state index in [9.17, 15) is 9.90 Å². The first-order chi connectivity index (χ1) is 16.0. The lowest BCUT2D eigenvalue weighted by Crippen LogP contribution is -2.07. The van der Waals surface area contributed by atoms with Crippen LogP contribution in [0.3, 0.4) is 0 Å². The van der Waals surface area contributed by atoms with Gasteiger partial charge in [-0.1, -0.05) is 37.6 Å². The molecule has 0 unspecified atom stereocenters. The molecule has 170 valence electrons. The fourth-order valence-corrected chi connectivity index (χ4v) is 4.35. The molecule has 0 fully saturated rings. The summed E-state index contributed by atoms with van der Waals surface area (Å²) in [6.45, 7) is 4.47. The number of unbranched alkanes of at least 4 members (excludes halogenated alkanes) is 1. The molecule has 0 atom stereocenters. The van der Waals surface area contributed by atoms with Gasteiger partial charge < -0.3 is 9.84 Å². The number of ether oxygens (including phenoxy) is 1. The van der Waals surface area contributed by atoms with E-state index in [1.54, 1.807) is 23.9 Å². The van der Waals surface area contributed by atoms with Gasteiger partial charge in [-0.25, -0.2) is 4.79 Å². The molecule has 0 saturated carbocycles. The molecule has 0 aliphatic carbocycles. The van der Waals surface area contributed by atoms with Crippen molar-refractivity contribution in [1.29, 1.82) is 0 Å². The van der Waals surface area contributed by atoms with Crippen molar-refractivity contribution in [2.24, 2.45) is 0 Å². The molecule has 7 heteroatoms. The molecule has 0 saturated heterocycles. The van der Waals surface area contributed by atoms with Crippen LogP contribution < -0.4 is 0 Å². The Balaban J connectivity index is 1.44. The molecule has 0 amide bonds. The average Bonchev–Trinajstić information content (AvgIpc) is 3.25. The van der Waals surface area contributed by atoms with Gasteiger partial charge >= 0.3 is 5.97 Å². The summed E-state index contributed by atoms with van der Waals surface area (Å²) in [5.41, 5.74) is 4.64. The van der Waals surface area contributed by atoms with Gasteiger partial charge in [-0.05, 0) is 67.3 Å². The Hall–Kier alpha value is -3.32. The van der Waals surface area contributed by atoms with Crippen molar-refractivity contribution in [2.75, 3.05) is 12.4 Å². The third-order valence-electron chi connectivity index (χ3n) is 5.27. The minimum Gasteiger partial charge on any atom is -0.505 e. The monoisotopic (exact) mass is 461 g/mol. The second-order valence-electron chi connectivity index (χ2n) is 7.89. The summed E-state index contributed by atoms with van der Waals surface area (Å²) >= 11 is 1.59. The lowest BCUT2D eigenvalue weighted by Gasteiger charge is -2.10. The number of phenolic OH excluding ortho intramolecular Hbond substituents is 1. The molecular formula is C26H27N3O3S. The van der Waals surface area contributed by atoms with E-state index in [-0.39, 0.29) is 11.7 Å². The highest BCUT2D eigenvalue weighted by molar-refractivity contribution is 7.99. The number of fused-ring (bicyclic) bond motifs is 1. The highest BCUT2D eigenvalue weighted by Crippen LogP contribution is 2.30. The summed E-state index contributed by atoms with van der Waals surface area (Å²) < 4.78 is 5.34. The molecule has 6 nitrogen and oxygen atoms in total. The number of thioether (sulfide) groups is 1. The number of rotatable bonds is 9. The molecule has 0 aliphatic rings. The highest BCUT2D eigenvalue weighted by Gasteiger charge is 2.14. The minimum absolute atomic E-state index is 0.240. The largest absolute Gasteiger partial charge is 0.505 e. The Morgan fingerprint density at radius 1 is 1.06 bits per heavy atom. The number of benzene rings is 3. The molecular weight excluding hydrogens is 434 g/mol. The van der Waals surface area contributed by atoms with Crippen LogP contribution in [0.2, 0.25) is 0 Å². The van der Waals surface area contributed by atoms with Crippen LogP contribution in [-0.2, 0) is 11.2 Å². The van der Waals surface area contributed by atoms with Crippen LogP contribution in [0.15, 0.2) is 65.6 Å². The predicted molar refractivity (Wildman–Crippen MR) is 131 cm³/mol. The zero-order valence-corrected chi connectivity index (χ0v) is 19.6. The minimum atomic E-state index is -0.314. The summed E-state index contributed by atoms with van der Waals surface area (Å²) in [6, 6.07) is 18.8. The molecule has 33 heavy (non-hydrogen) atoms. The number of aromatic hydroxyl groups is 1. The number of phenols is 1. The van der Waals surface area contributed by atoms with Crippen LogP contribution in [0.1, 0.15) is 41.3 Å². The second kappa shape index (κ2) is 10.5. The molecule has 0 spiro atoms. The normalized spacial score (nSPS) is 11.1. The smallest absolute Gasteiger partial charge is 0.338 e. The number of carbonyl (C=O) groups is 1. The van der Waals surface area contributed by atoms with Gasteiger partial charge in [0.15, 0.2) is 0 Å². The molecule has 0 bridgehead atoms. The van der Waals surface area contributed by atoms with Crippen molar-refractivity contribution >= 4 is 28.8 Å². The fraction of sp³-hybridized carbons (Fsp3) is 0.269. The first-order valence-electron chi connectivity index (χ1n) is 11.1. The molecule has 3 aromatic carbocycles. The zero-order chi connectivity index (χ0) is 23.2. The first-order valence-corrected chi connectivity index (χ1v) is 12.1. The van der Waals surface area contributed by atoms with E-state index in [0.29, 0.717) is 23.6 Å².